The first-order valence-electron chi connectivity index (χ1n) is 6.94. The number of nitrogens with zero attached hydrogens (tertiary/aromatic N) is 2. The molecule has 116 valence electrons. The van der Waals surface area contributed by atoms with Gasteiger partial charge in [-0.05, 0) is 19.1 Å². The maximum Gasteiger partial charge on any atom is 0.269 e. The zero-order valence-electron chi connectivity index (χ0n) is 12.4. The van der Waals surface area contributed by atoms with Gasteiger partial charge < -0.3 is 0 Å². The standard InChI is InChI=1S/C17H14N2O3S/c1-13-7-9-16(10-8-13)23(21,22)19-11-15(12-20)18-17(19)14-5-3-2-4-6-14/h2-12H,1H3. The van der Waals surface area contributed by atoms with Crippen LogP contribution in [0.4, 0.5) is 0 Å². The van der Waals surface area contributed by atoms with Gasteiger partial charge in [-0.3, -0.25) is 4.79 Å². The van der Waals surface area contributed by atoms with Gasteiger partial charge in [-0.25, -0.2) is 17.4 Å². The molecule has 0 unspecified atom stereocenters. The van der Waals surface area contributed by atoms with Crippen LogP contribution in [0, 0.1) is 6.92 Å². The number of aldehydes is 1. The molecular formula is C17H14N2O3S. The molecule has 3 aromatic rings. The summed E-state index contributed by atoms with van der Waals surface area (Å²) < 4.78 is 26.8. The van der Waals surface area contributed by atoms with Gasteiger partial charge in [0.1, 0.15) is 5.69 Å². The summed E-state index contributed by atoms with van der Waals surface area (Å²) in [6.07, 6.45) is 1.78. The van der Waals surface area contributed by atoms with Gasteiger partial charge in [0.05, 0.1) is 11.1 Å². The zero-order chi connectivity index (χ0) is 16.4. The highest BCUT2D eigenvalue weighted by atomic mass is 32.2. The largest absolute Gasteiger partial charge is 0.296 e. The van der Waals surface area contributed by atoms with Crippen LogP contribution in [0.2, 0.25) is 0 Å². The van der Waals surface area contributed by atoms with E-state index in [4.69, 9.17) is 0 Å². The predicted molar refractivity (Wildman–Crippen MR) is 86.8 cm³/mol. The number of hydrogen-bond acceptors (Lipinski definition) is 4. The first kappa shape index (κ1) is 15.2. The van der Waals surface area contributed by atoms with Gasteiger partial charge in [-0.2, -0.15) is 0 Å². The third kappa shape index (κ3) is 2.80. The first-order valence-corrected chi connectivity index (χ1v) is 8.38. The molecule has 5 nitrogen and oxygen atoms in total. The molecule has 1 aromatic heterocycles. The van der Waals surface area contributed by atoms with E-state index in [9.17, 15) is 13.2 Å². The number of rotatable bonds is 4. The molecule has 0 spiro atoms. The summed E-state index contributed by atoms with van der Waals surface area (Å²) in [6, 6.07) is 15.4. The summed E-state index contributed by atoms with van der Waals surface area (Å²) in [6.45, 7) is 1.88. The van der Waals surface area contributed by atoms with E-state index < -0.39 is 10.0 Å². The van der Waals surface area contributed by atoms with Gasteiger partial charge in [0.25, 0.3) is 10.0 Å². The lowest BCUT2D eigenvalue weighted by Gasteiger charge is -2.09. The third-order valence-corrected chi connectivity index (χ3v) is 5.09. The number of hydrogen-bond donors (Lipinski definition) is 0. The monoisotopic (exact) mass is 326 g/mol. The minimum Gasteiger partial charge on any atom is -0.296 e. The molecule has 23 heavy (non-hydrogen) atoms. The molecule has 3 rings (SSSR count). The lowest BCUT2D eigenvalue weighted by molar-refractivity contribution is 0.111. The maximum absolute atomic E-state index is 12.9. The van der Waals surface area contributed by atoms with E-state index >= 15 is 0 Å². The highest BCUT2D eigenvalue weighted by molar-refractivity contribution is 7.90. The number of carbonyl (C=O) groups is 1. The van der Waals surface area contributed by atoms with Gasteiger partial charge in [0.15, 0.2) is 12.1 Å². The molecule has 6 heteroatoms. The molecule has 0 atom stereocenters. The van der Waals surface area contributed by atoms with E-state index in [0.717, 1.165) is 9.54 Å². The Labute approximate surface area is 134 Å². The van der Waals surface area contributed by atoms with Crippen LogP contribution in [-0.4, -0.2) is 23.7 Å². The zero-order valence-corrected chi connectivity index (χ0v) is 13.2. The van der Waals surface area contributed by atoms with Crippen LogP contribution in [0.15, 0.2) is 65.7 Å². The molecule has 0 N–H and O–H groups in total. The Bertz CT molecular complexity index is 943. The molecule has 0 bridgehead atoms. The molecule has 1 heterocycles. The van der Waals surface area contributed by atoms with E-state index in [0.29, 0.717) is 11.8 Å². The highest BCUT2D eigenvalue weighted by Crippen LogP contribution is 2.24. The van der Waals surface area contributed by atoms with Gasteiger partial charge in [0, 0.05) is 5.56 Å². The van der Waals surface area contributed by atoms with E-state index in [2.05, 4.69) is 4.98 Å². The van der Waals surface area contributed by atoms with E-state index in [1.807, 2.05) is 13.0 Å². The molecule has 0 aliphatic rings. The quantitative estimate of drug-likeness (QED) is 0.691. The fourth-order valence-corrected chi connectivity index (χ4v) is 3.55. The lowest BCUT2D eigenvalue weighted by Crippen LogP contribution is -2.13. The van der Waals surface area contributed by atoms with Crippen LogP contribution in [0.25, 0.3) is 11.4 Å². The van der Waals surface area contributed by atoms with Gasteiger partial charge in [0.2, 0.25) is 0 Å². The van der Waals surface area contributed by atoms with Crippen molar-refractivity contribution in [3.63, 3.8) is 0 Å². The fraction of sp³-hybridized carbons (Fsp3) is 0.0588. The highest BCUT2D eigenvalue weighted by Gasteiger charge is 2.22. The van der Waals surface area contributed by atoms with Crippen LogP contribution in [0.5, 0.6) is 0 Å². The number of aryl methyl sites for hydroxylation is 1. The molecule has 0 fully saturated rings. The summed E-state index contributed by atoms with van der Waals surface area (Å²) in [5, 5.41) is 0. The van der Waals surface area contributed by atoms with Crippen LogP contribution >= 0.6 is 0 Å². The van der Waals surface area contributed by atoms with Gasteiger partial charge in [-0.15, -0.1) is 0 Å². The minimum absolute atomic E-state index is 0.0690. The average Bonchev–Trinajstić information content (AvgIpc) is 3.01. The van der Waals surface area contributed by atoms with Crippen LogP contribution in [0.1, 0.15) is 16.1 Å². The molecule has 0 aliphatic carbocycles. The SMILES string of the molecule is Cc1ccc(S(=O)(=O)n2cc(C=O)nc2-c2ccccc2)cc1. The Hall–Kier alpha value is -2.73. The molecular weight excluding hydrogens is 312 g/mol. The van der Waals surface area contributed by atoms with Crippen LogP contribution in [0.3, 0.4) is 0 Å². The van der Waals surface area contributed by atoms with Crippen molar-refractivity contribution in [1.82, 2.24) is 8.96 Å². The van der Waals surface area contributed by atoms with E-state index in [1.54, 1.807) is 48.5 Å². The van der Waals surface area contributed by atoms with Crippen molar-refractivity contribution in [2.75, 3.05) is 0 Å². The fourth-order valence-electron chi connectivity index (χ4n) is 2.22. The Morgan fingerprint density at radius 1 is 1.00 bits per heavy atom. The van der Waals surface area contributed by atoms with E-state index in [1.165, 1.54) is 6.20 Å². The first-order chi connectivity index (χ1) is 11.0. The van der Waals surface area contributed by atoms with Crippen LogP contribution in [-0.2, 0) is 10.0 Å². The number of imidazole rings is 1. The van der Waals surface area contributed by atoms with E-state index in [-0.39, 0.29) is 16.4 Å². The molecule has 0 amide bonds. The van der Waals surface area contributed by atoms with Crippen molar-refractivity contribution in [3.8, 4) is 11.4 Å². The van der Waals surface area contributed by atoms with Crippen molar-refractivity contribution in [3.05, 3.63) is 72.1 Å². The second-order valence-corrected chi connectivity index (χ2v) is 6.90. The molecule has 2 aromatic carbocycles. The summed E-state index contributed by atoms with van der Waals surface area (Å²) in [5.74, 6) is 0.216. The molecule has 0 aliphatic heterocycles. The second-order valence-electron chi connectivity index (χ2n) is 5.09. The minimum atomic E-state index is -3.83. The van der Waals surface area contributed by atoms with Crippen molar-refractivity contribution in [1.29, 1.82) is 0 Å². The Balaban J connectivity index is 2.21. The second kappa shape index (κ2) is 5.81. The lowest BCUT2D eigenvalue weighted by atomic mass is 10.2. The number of aromatic nitrogens is 2. The smallest absolute Gasteiger partial charge is 0.269 e. The van der Waals surface area contributed by atoms with Crippen LogP contribution < -0.4 is 0 Å². The number of benzene rings is 2. The summed E-state index contributed by atoms with van der Waals surface area (Å²) in [4.78, 5) is 15.3. The van der Waals surface area contributed by atoms with Crippen molar-refractivity contribution >= 4 is 16.3 Å². The Morgan fingerprint density at radius 2 is 1.65 bits per heavy atom. The molecule has 0 radical (unpaired) electrons. The normalized spacial score (nSPS) is 11.3. The van der Waals surface area contributed by atoms with Gasteiger partial charge in [-0.1, -0.05) is 48.0 Å². The molecule has 0 saturated carbocycles. The predicted octanol–water partition coefficient (Wildman–Crippen LogP) is 2.91. The molecule has 0 saturated heterocycles. The third-order valence-electron chi connectivity index (χ3n) is 3.42. The number of carbonyl (C=O) groups excluding carboxylic acids is 1. The Morgan fingerprint density at radius 3 is 2.26 bits per heavy atom. The van der Waals surface area contributed by atoms with Crippen molar-refractivity contribution < 1.29 is 13.2 Å². The van der Waals surface area contributed by atoms with Crippen molar-refractivity contribution in [2.24, 2.45) is 0 Å². The van der Waals surface area contributed by atoms with Crippen molar-refractivity contribution in [2.45, 2.75) is 11.8 Å². The summed E-state index contributed by atoms with van der Waals surface area (Å²) in [7, 11) is -3.83. The van der Waals surface area contributed by atoms with Gasteiger partial charge >= 0.3 is 0 Å². The Kier molecular flexibility index (Phi) is 3.83. The summed E-state index contributed by atoms with van der Waals surface area (Å²) in [5.41, 5.74) is 1.65. The maximum atomic E-state index is 12.9. The summed E-state index contributed by atoms with van der Waals surface area (Å²) >= 11 is 0. The average molecular weight is 326 g/mol. The topological polar surface area (TPSA) is 69.0 Å².